The van der Waals surface area contributed by atoms with Crippen molar-refractivity contribution in [2.24, 2.45) is 0 Å². The Bertz CT molecular complexity index is 1220. The lowest BCUT2D eigenvalue weighted by Gasteiger charge is -2.11. The normalized spacial score (nSPS) is 10.2. The number of aromatic nitrogens is 2. The van der Waals surface area contributed by atoms with E-state index < -0.39 is 6.09 Å². The Morgan fingerprint density at radius 3 is 2.62 bits per heavy atom. The Kier molecular flexibility index (Phi) is 5.04. The molecule has 1 aromatic heterocycles. The van der Waals surface area contributed by atoms with Crippen LogP contribution in [0.2, 0.25) is 0 Å². The summed E-state index contributed by atoms with van der Waals surface area (Å²) in [7, 11) is 0. The fraction of sp³-hybridized carbons (Fsp3) is 0. The van der Waals surface area contributed by atoms with E-state index in [9.17, 15) is 4.79 Å². The number of hydrogen-bond donors (Lipinski definition) is 2. The molecule has 2 N–H and O–H groups in total. The third-order valence-electron chi connectivity index (χ3n) is 4.13. The highest BCUT2D eigenvalue weighted by atomic mass is 16.6. The maximum absolute atomic E-state index is 12.2. The summed E-state index contributed by atoms with van der Waals surface area (Å²) in [4.78, 5) is 20.8. The van der Waals surface area contributed by atoms with Gasteiger partial charge in [-0.3, -0.25) is 5.32 Å². The number of carbonyl (C=O) groups excluding carboxylic acids is 1. The molecule has 0 saturated heterocycles. The summed E-state index contributed by atoms with van der Waals surface area (Å²) in [5.74, 6) is 3.67. The summed E-state index contributed by atoms with van der Waals surface area (Å²) in [6.45, 7) is 0. The predicted octanol–water partition coefficient (Wildman–Crippen LogP) is 4.97. The minimum Gasteiger partial charge on any atom is -0.410 e. The molecule has 0 atom stereocenters. The van der Waals surface area contributed by atoms with Gasteiger partial charge in [0.15, 0.2) is 0 Å². The molecule has 6 heteroatoms. The van der Waals surface area contributed by atoms with Crippen LogP contribution in [0.1, 0.15) is 5.56 Å². The quantitative estimate of drug-likeness (QED) is 0.489. The lowest BCUT2D eigenvalue weighted by Crippen LogP contribution is -2.16. The van der Waals surface area contributed by atoms with Crippen LogP contribution in [-0.4, -0.2) is 16.1 Å². The van der Waals surface area contributed by atoms with E-state index in [4.69, 9.17) is 11.2 Å². The molecule has 0 aliphatic heterocycles. The van der Waals surface area contributed by atoms with Gasteiger partial charge in [0.2, 0.25) is 0 Å². The topological polar surface area (TPSA) is 76.1 Å². The van der Waals surface area contributed by atoms with Gasteiger partial charge in [0, 0.05) is 22.3 Å². The number of para-hydroxylation sites is 1. The Morgan fingerprint density at radius 2 is 1.79 bits per heavy atom. The minimum absolute atomic E-state index is 0.463. The van der Waals surface area contributed by atoms with Crippen LogP contribution < -0.4 is 15.4 Å². The lowest BCUT2D eigenvalue weighted by molar-refractivity contribution is 0.215. The van der Waals surface area contributed by atoms with Gasteiger partial charge in [-0.1, -0.05) is 30.2 Å². The molecule has 0 unspecified atom stereocenters. The number of terminal acetylenes is 1. The highest BCUT2D eigenvalue weighted by molar-refractivity contribution is 5.96. The number of anilines is 3. The van der Waals surface area contributed by atoms with Crippen molar-refractivity contribution in [1.82, 2.24) is 9.97 Å². The van der Waals surface area contributed by atoms with E-state index in [1.165, 1.54) is 6.33 Å². The zero-order valence-electron chi connectivity index (χ0n) is 15.3. The third-order valence-corrected chi connectivity index (χ3v) is 4.13. The van der Waals surface area contributed by atoms with Gasteiger partial charge >= 0.3 is 6.09 Å². The minimum atomic E-state index is -0.580. The molecule has 6 nitrogen and oxygen atoms in total. The van der Waals surface area contributed by atoms with E-state index >= 15 is 0 Å². The monoisotopic (exact) mass is 380 g/mol. The summed E-state index contributed by atoms with van der Waals surface area (Å²) >= 11 is 0. The first-order valence-corrected chi connectivity index (χ1v) is 8.83. The van der Waals surface area contributed by atoms with Crippen molar-refractivity contribution in [2.75, 3.05) is 10.6 Å². The number of fused-ring (bicyclic) bond motifs is 1. The summed E-state index contributed by atoms with van der Waals surface area (Å²) in [5, 5.41) is 6.72. The van der Waals surface area contributed by atoms with Gasteiger partial charge in [-0.2, -0.15) is 0 Å². The van der Waals surface area contributed by atoms with Crippen LogP contribution in [-0.2, 0) is 0 Å². The molecule has 0 aliphatic carbocycles. The fourth-order valence-corrected chi connectivity index (χ4v) is 2.80. The third kappa shape index (κ3) is 4.31. The lowest BCUT2D eigenvalue weighted by atomic mass is 10.2. The average molecular weight is 380 g/mol. The number of nitrogens with zero attached hydrogens (tertiary/aromatic N) is 2. The van der Waals surface area contributed by atoms with Crippen molar-refractivity contribution in [2.45, 2.75) is 0 Å². The summed E-state index contributed by atoms with van der Waals surface area (Å²) < 4.78 is 5.27. The summed E-state index contributed by atoms with van der Waals surface area (Å²) in [6, 6.07) is 21.7. The molecule has 0 saturated carbocycles. The number of benzene rings is 3. The van der Waals surface area contributed by atoms with Crippen LogP contribution in [0.4, 0.5) is 22.0 Å². The van der Waals surface area contributed by atoms with E-state index in [0.717, 1.165) is 22.2 Å². The zero-order chi connectivity index (χ0) is 20.1. The maximum Gasteiger partial charge on any atom is 0.417 e. The number of carbonyl (C=O) groups is 1. The zero-order valence-corrected chi connectivity index (χ0v) is 15.3. The number of hydrogen-bond acceptors (Lipinski definition) is 5. The number of amides is 1. The van der Waals surface area contributed by atoms with E-state index in [1.54, 1.807) is 42.5 Å². The predicted molar refractivity (Wildman–Crippen MR) is 113 cm³/mol. The van der Waals surface area contributed by atoms with Crippen molar-refractivity contribution in [3.63, 3.8) is 0 Å². The van der Waals surface area contributed by atoms with Crippen molar-refractivity contribution in [1.29, 1.82) is 0 Å². The van der Waals surface area contributed by atoms with Crippen molar-refractivity contribution in [3.8, 4) is 18.1 Å². The molecular formula is C23H16N4O2. The van der Waals surface area contributed by atoms with Gasteiger partial charge in [0.05, 0.1) is 5.52 Å². The van der Waals surface area contributed by atoms with Crippen LogP contribution in [0, 0.1) is 12.3 Å². The highest BCUT2D eigenvalue weighted by Crippen LogP contribution is 2.26. The Hall–Kier alpha value is -4.37. The Morgan fingerprint density at radius 1 is 0.931 bits per heavy atom. The second-order valence-electron chi connectivity index (χ2n) is 6.13. The molecule has 4 aromatic rings. The van der Waals surface area contributed by atoms with Gasteiger partial charge in [0.25, 0.3) is 0 Å². The first kappa shape index (κ1) is 18.0. The second-order valence-corrected chi connectivity index (χ2v) is 6.13. The van der Waals surface area contributed by atoms with Gasteiger partial charge in [-0.05, 0) is 48.5 Å². The first-order valence-electron chi connectivity index (χ1n) is 8.83. The molecule has 1 heterocycles. The fourth-order valence-electron chi connectivity index (χ4n) is 2.80. The van der Waals surface area contributed by atoms with Crippen molar-refractivity contribution in [3.05, 3.63) is 84.7 Å². The standard InChI is InChI=1S/C23H16N4O2/c1-2-16-7-6-8-17(13-16)26-22-20-14-18(11-12-21(20)24-15-25-22)27-23(28)29-19-9-4-3-5-10-19/h1,3-15H,(H,27,28)(H,24,25,26). The molecule has 1 amide bonds. The van der Waals surface area contributed by atoms with Crippen LogP contribution in [0.25, 0.3) is 10.9 Å². The first-order chi connectivity index (χ1) is 14.2. The van der Waals surface area contributed by atoms with Crippen LogP contribution in [0.3, 0.4) is 0 Å². The number of nitrogens with one attached hydrogen (secondary N) is 2. The molecule has 0 radical (unpaired) electrons. The molecule has 0 fully saturated rings. The summed E-state index contributed by atoms with van der Waals surface area (Å²) in [6.07, 6.45) is 6.37. The molecule has 4 rings (SSSR count). The largest absolute Gasteiger partial charge is 0.417 e. The molecule has 0 spiro atoms. The second kappa shape index (κ2) is 8.11. The van der Waals surface area contributed by atoms with Crippen LogP contribution >= 0.6 is 0 Å². The number of ether oxygens (including phenoxy) is 1. The van der Waals surface area contributed by atoms with Gasteiger partial charge in [0.1, 0.15) is 17.9 Å². The molecule has 0 aliphatic rings. The molecule has 0 bridgehead atoms. The number of rotatable bonds is 4. The van der Waals surface area contributed by atoms with Crippen LogP contribution in [0.15, 0.2) is 79.1 Å². The highest BCUT2D eigenvalue weighted by Gasteiger charge is 2.09. The van der Waals surface area contributed by atoms with Gasteiger partial charge in [-0.25, -0.2) is 14.8 Å². The van der Waals surface area contributed by atoms with E-state index in [-0.39, 0.29) is 0 Å². The van der Waals surface area contributed by atoms with E-state index in [0.29, 0.717) is 17.3 Å². The molecule has 3 aromatic carbocycles. The summed E-state index contributed by atoms with van der Waals surface area (Å²) in [5.41, 5.74) is 2.87. The molecular weight excluding hydrogens is 364 g/mol. The molecule has 29 heavy (non-hydrogen) atoms. The Balaban J connectivity index is 1.58. The van der Waals surface area contributed by atoms with Crippen molar-refractivity contribution >= 4 is 34.2 Å². The van der Waals surface area contributed by atoms with Gasteiger partial charge < -0.3 is 10.1 Å². The van der Waals surface area contributed by atoms with E-state index in [1.807, 2.05) is 30.3 Å². The molecule has 140 valence electrons. The van der Waals surface area contributed by atoms with Crippen molar-refractivity contribution < 1.29 is 9.53 Å². The van der Waals surface area contributed by atoms with Gasteiger partial charge in [-0.15, -0.1) is 6.42 Å². The van der Waals surface area contributed by atoms with E-state index in [2.05, 4.69) is 26.5 Å². The maximum atomic E-state index is 12.2. The Labute approximate surface area is 167 Å². The SMILES string of the molecule is C#Cc1cccc(Nc2ncnc3ccc(NC(=O)Oc4ccccc4)cc23)c1. The smallest absolute Gasteiger partial charge is 0.410 e. The van der Waals surface area contributed by atoms with Crippen LogP contribution in [0.5, 0.6) is 5.75 Å². The average Bonchev–Trinajstić information content (AvgIpc) is 2.75.